The third-order valence-electron chi connectivity index (χ3n) is 3.40. The molecule has 0 spiro atoms. The van der Waals surface area contributed by atoms with Crippen LogP contribution < -0.4 is 4.74 Å². The molecule has 1 aliphatic rings. The Bertz CT molecular complexity index is 763. The molecule has 1 aromatic carbocycles. The van der Waals surface area contributed by atoms with E-state index < -0.39 is 23.2 Å². The number of phenols is 1. The van der Waals surface area contributed by atoms with Gasteiger partial charge in [0.25, 0.3) is 11.1 Å². The van der Waals surface area contributed by atoms with Gasteiger partial charge in [0.05, 0.1) is 23.6 Å². The lowest BCUT2D eigenvalue weighted by atomic mass is 10.1. The van der Waals surface area contributed by atoms with Crippen LogP contribution in [0.3, 0.4) is 0 Å². The average Bonchev–Trinajstić information content (AvgIpc) is 2.84. The molecule has 1 atom stereocenters. The van der Waals surface area contributed by atoms with E-state index in [0.717, 1.165) is 4.90 Å². The minimum absolute atomic E-state index is 0.0550. The molecule has 0 aromatic heterocycles. The second-order valence-electron chi connectivity index (χ2n) is 5.03. The molecular weight excluding hydrogens is 370 g/mol. The Kier molecular flexibility index (Phi) is 5.97. The molecule has 25 heavy (non-hydrogen) atoms. The minimum Gasteiger partial charge on any atom is -0.503 e. The van der Waals surface area contributed by atoms with Gasteiger partial charge in [-0.1, -0.05) is 11.6 Å². The SMILES string of the molecule is CCOc1cc(/C=C2/SC(=O)N([C@H](C)C(=O)OC)C2=O)cc(Cl)c1O. The number of phenolic OH excluding ortho intramolecular Hbond substituents is 1. The summed E-state index contributed by atoms with van der Waals surface area (Å²) in [7, 11) is 1.18. The van der Waals surface area contributed by atoms with Gasteiger partial charge in [-0.3, -0.25) is 14.5 Å². The van der Waals surface area contributed by atoms with Gasteiger partial charge in [0.2, 0.25) is 0 Å². The van der Waals surface area contributed by atoms with E-state index in [-0.39, 0.29) is 21.4 Å². The minimum atomic E-state index is -1.02. The first kappa shape index (κ1) is 19.1. The number of hydrogen-bond donors (Lipinski definition) is 1. The second kappa shape index (κ2) is 7.79. The number of halogens is 1. The van der Waals surface area contributed by atoms with Crippen LogP contribution in [0.4, 0.5) is 4.79 Å². The van der Waals surface area contributed by atoms with Crippen molar-refractivity contribution in [1.29, 1.82) is 0 Å². The number of esters is 1. The maximum Gasteiger partial charge on any atom is 0.328 e. The quantitative estimate of drug-likeness (QED) is 0.615. The van der Waals surface area contributed by atoms with Gasteiger partial charge in [-0.05, 0) is 49.4 Å². The fourth-order valence-corrected chi connectivity index (χ4v) is 3.31. The fourth-order valence-electron chi connectivity index (χ4n) is 2.18. The van der Waals surface area contributed by atoms with E-state index in [2.05, 4.69) is 4.74 Å². The summed E-state index contributed by atoms with van der Waals surface area (Å²) in [5, 5.41) is 9.34. The number of carbonyl (C=O) groups is 3. The average molecular weight is 386 g/mol. The van der Waals surface area contributed by atoms with Crippen molar-refractivity contribution in [2.24, 2.45) is 0 Å². The van der Waals surface area contributed by atoms with Crippen molar-refractivity contribution in [2.75, 3.05) is 13.7 Å². The predicted octanol–water partition coefficient (Wildman–Crippen LogP) is 3.04. The molecule has 2 amide bonds. The first-order chi connectivity index (χ1) is 11.8. The molecule has 7 nitrogen and oxygen atoms in total. The monoisotopic (exact) mass is 385 g/mol. The molecule has 0 bridgehead atoms. The van der Waals surface area contributed by atoms with Gasteiger partial charge in [-0.25, -0.2) is 4.79 Å². The van der Waals surface area contributed by atoms with Gasteiger partial charge in [-0.2, -0.15) is 0 Å². The number of rotatable bonds is 5. The predicted molar refractivity (Wildman–Crippen MR) is 93.6 cm³/mol. The summed E-state index contributed by atoms with van der Waals surface area (Å²) < 4.78 is 9.85. The lowest BCUT2D eigenvalue weighted by Crippen LogP contribution is -2.42. The highest BCUT2D eigenvalue weighted by atomic mass is 35.5. The van der Waals surface area contributed by atoms with Crippen LogP contribution in [0, 0.1) is 0 Å². The third kappa shape index (κ3) is 3.91. The first-order valence-electron chi connectivity index (χ1n) is 7.30. The van der Waals surface area contributed by atoms with Crippen LogP contribution >= 0.6 is 23.4 Å². The number of aromatic hydroxyl groups is 1. The first-order valence-corrected chi connectivity index (χ1v) is 8.49. The van der Waals surface area contributed by atoms with E-state index in [0.29, 0.717) is 23.9 Å². The van der Waals surface area contributed by atoms with Crippen molar-refractivity contribution < 1.29 is 29.0 Å². The van der Waals surface area contributed by atoms with Crippen molar-refractivity contribution in [3.8, 4) is 11.5 Å². The zero-order valence-electron chi connectivity index (χ0n) is 13.7. The lowest BCUT2D eigenvalue weighted by molar-refractivity contribution is -0.148. The third-order valence-corrected chi connectivity index (χ3v) is 4.57. The number of benzene rings is 1. The van der Waals surface area contributed by atoms with Gasteiger partial charge in [0.15, 0.2) is 11.5 Å². The molecule has 0 unspecified atom stereocenters. The van der Waals surface area contributed by atoms with Gasteiger partial charge in [0.1, 0.15) is 6.04 Å². The van der Waals surface area contributed by atoms with Crippen LogP contribution in [0.15, 0.2) is 17.0 Å². The Morgan fingerprint density at radius 3 is 2.72 bits per heavy atom. The molecule has 0 aliphatic carbocycles. The van der Waals surface area contributed by atoms with Crippen LogP contribution in [-0.2, 0) is 14.3 Å². The smallest absolute Gasteiger partial charge is 0.328 e. The number of hydrogen-bond acceptors (Lipinski definition) is 7. The Labute approximate surface area is 153 Å². The van der Waals surface area contributed by atoms with Crippen molar-refractivity contribution in [2.45, 2.75) is 19.9 Å². The summed E-state index contributed by atoms with van der Waals surface area (Å²) in [4.78, 5) is 37.1. The molecular formula is C16H16ClNO6S. The summed E-state index contributed by atoms with van der Waals surface area (Å²) in [6.07, 6.45) is 1.45. The lowest BCUT2D eigenvalue weighted by Gasteiger charge is -2.18. The summed E-state index contributed by atoms with van der Waals surface area (Å²) in [5.74, 6) is -1.32. The number of amides is 2. The number of carbonyl (C=O) groups excluding carboxylic acids is 3. The Balaban J connectivity index is 2.35. The molecule has 1 heterocycles. The highest BCUT2D eigenvalue weighted by Gasteiger charge is 2.41. The summed E-state index contributed by atoms with van der Waals surface area (Å²) >= 11 is 6.66. The Hall–Kier alpha value is -2.19. The Morgan fingerprint density at radius 1 is 1.44 bits per heavy atom. The highest BCUT2D eigenvalue weighted by molar-refractivity contribution is 8.18. The van der Waals surface area contributed by atoms with E-state index in [9.17, 15) is 19.5 Å². The zero-order chi connectivity index (χ0) is 18.7. The van der Waals surface area contributed by atoms with E-state index in [1.807, 2.05) is 0 Å². The molecule has 1 fully saturated rings. The normalized spacial score (nSPS) is 17.1. The maximum absolute atomic E-state index is 12.4. The number of imide groups is 1. The van der Waals surface area contributed by atoms with Crippen LogP contribution in [0.25, 0.3) is 6.08 Å². The van der Waals surface area contributed by atoms with E-state index in [1.54, 1.807) is 6.92 Å². The molecule has 134 valence electrons. The second-order valence-corrected chi connectivity index (χ2v) is 6.43. The summed E-state index contributed by atoms with van der Waals surface area (Å²) in [5.41, 5.74) is 0.475. The van der Waals surface area contributed by atoms with Crippen molar-refractivity contribution >= 4 is 46.6 Å². The maximum atomic E-state index is 12.4. The fraction of sp³-hybridized carbons (Fsp3) is 0.312. The van der Waals surface area contributed by atoms with Crippen molar-refractivity contribution in [3.05, 3.63) is 27.6 Å². The number of nitrogens with zero attached hydrogens (tertiary/aromatic N) is 1. The summed E-state index contributed by atoms with van der Waals surface area (Å²) in [6, 6.07) is 1.92. The topological polar surface area (TPSA) is 93.1 Å². The summed E-state index contributed by atoms with van der Waals surface area (Å²) in [6.45, 7) is 3.48. The van der Waals surface area contributed by atoms with E-state index in [4.69, 9.17) is 16.3 Å². The largest absolute Gasteiger partial charge is 0.503 e. The molecule has 0 saturated carbocycles. The number of thioether (sulfide) groups is 1. The molecule has 2 rings (SSSR count). The van der Waals surface area contributed by atoms with Crippen LogP contribution in [0.1, 0.15) is 19.4 Å². The van der Waals surface area contributed by atoms with Gasteiger partial charge in [0, 0.05) is 0 Å². The van der Waals surface area contributed by atoms with Crippen LogP contribution in [0.5, 0.6) is 11.5 Å². The molecule has 0 radical (unpaired) electrons. The van der Waals surface area contributed by atoms with Gasteiger partial charge >= 0.3 is 5.97 Å². The standard InChI is InChI=1S/C16H16ClNO6S/c1-4-24-11-6-9(5-10(17)13(11)19)7-12-14(20)18(16(22)25-12)8(2)15(21)23-3/h5-8,19H,4H2,1-3H3/b12-7+/t8-/m1/s1. The van der Waals surface area contributed by atoms with E-state index >= 15 is 0 Å². The van der Waals surface area contributed by atoms with Crippen LogP contribution in [0.2, 0.25) is 5.02 Å². The number of ether oxygens (including phenoxy) is 2. The van der Waals surface area contributed by atoms with E-state index in [1.165, 1.54) is 32.2 Å². The van der Waals surface area contributed by atoms with Gasteiger partial charge in [-0.15, -0.1) is 0 Å². The molecule has 1 aliphatic heterocycles. The Morgan fingerprint density at radius 2 is 2.12 bits per heavy atom. The molecule has 1 aromatic rings. The van der Waals surface area contributed by atoms with Crippen LogP contribution in [-0.4, -0.2) is 46.9 Å². The molecule has 9 heteroatoms. The highest BCUT2D eigenvalue weighted by Crippen LogP contribution is 2.38. The molecule has 1 saturated heterocycles. The van der Waals surface area contributed by atoms with Gasteiger partial charge < -0.3 is 14.6 Å². The molecule has 1 N–H and O–H groups in total. The zero-order valence-corrected chi connectivity index (χ0v) is 15.3. The van der Waals surface area contributed by atoms with Crippen molar-refractivity contribution in [1.82, 2.24) is 4.90 Å². The number of methoxy groups -OCH3 is 1. The van der Waals surface area contributed by atoms with Crippen molar-refractivity contribution in [3.63, 3.8) is 0 Å².